The van der Waals surface area contributed by atoms with Crippen molar-refractivity contribution in [2.45, 2.75) is 13.0 Å². The van der Waals surface area contributed by atoms with Crippen molar-refractivity contribution in [1.82, 2.24) is 4.98 Å². The molecule has 0 unspecified atom stereocenters. The molecule has 13 heavy (non-hydrogen) atoms. The molecule has 1 N–H and O–H groups in total. The first-order valence-electron chi connectivity index (χ1n) is 3.29. The summed E-state index contributed by atoms with van der Waals surface area (Å²) in [5, 5.41) is 8.49. The predicted molar refractivity (Wildman–Crippen MR) is 35.0 cm³/mol. The van der Waals surface area contributed by atoms with Crippen LogP contribution in [-0.4, -0.2) is 10.1 Å². The lowest BCUT2D eigenvalue weighted by Crippen LogP contribution is -2.04. The van der Waals surface area contributed by atoms with Gasteiger partial charge >= 0.3 is 0 Å². The van der Waals surface area contributed by atoms with Crippen LogP contribution >= 0.6 is 0 Å². The number of pyridine rings is 1. The number of hydrogen-bond donors (Lipinski definition) is 1. The van der Waals surface area contributed by atoms with Gasteiger partial charge in [0.2, 0.25) is 5.95 Å². The van der Waals surface area contributed by atoms with Crippen LogP contribution in [0, 0.1) is 11.8 Å². The fraction of sp³-hybridized carbons (Fsp3) is 0.286. The molecule has 1 aromatic rings. The maximum atomic E-state index is 12.6. The highest BCUT2D eigenvalue weighted by Gasteiger charge is 2.21. The topological polar surface area (TPSA) is 33.1 Å². The number of halogens is 4. The Morgan fingerprint density at radius 3 is 2.38 bits per heavy atom. The highest BCUT2D eigenvalue weighted by molar-refractivity contribution is 5.26. The molecule has 2 nitrogen and oxygen atoms in total. The van der Waals surface area contributed by atoms with Crippen LogP contribution in [0.25, 0.3) is 0 Å². The summed E-state index contributed by atoms with van der Waals surface area (Å²) in [6.45, 7) is -1.00. The fourth-order valence-electron chi connectivity index (χ4n) is 0.902. The standard InChI is InChI=1S/C7H5F4NO/c8-4-1-12-7(11)3(2-13)5(4)6(9)10/h1,6,13H,2H2. The summed E-state index contributed by atoms with van der Waals surface area (Å²) in [6, 6.07) is 0. The van der Waals surface area contributed by atoms with E-state index in [9.17, 15) is 17.6 Å². The monoisotopic (exact) mass is 195 g/mol. The average molecular weight is 195 g/mol. The number of aromatic nitrogens is 1. The quantitative estimate of drug-likeness (QED) is 0.576. The van der Waals surface area contributed by atoms with E-state index in [1.165, 1.54) is 0 Å². The lowest BCUT2D eigenvalue weighted by Gasteiger charge is -2.07. The van der Waals surface area contributed by atoms with Crippen molar-refractivity contribution in [2.24, 2.45) is 0 Å². The first kappa shape index (κ1) is 9.91. The minimum absolute atomic E-state index is 0.357. The number of alkyl halides is 2. The molecule has 0 saturated carbocycles. The molecule has 0 atom stereocenters. The smallest absolute Gasteiger partial charge is 0.267 e. The first-order chi connectivity index (χ1) is 6.07. The van der Waals surface area contributed by atoms with Crippen LogP contribution in [0.5, 0.6) is 0 Å². The molecule has 72 valence electrons. The lowest BCUT2D eigenvalue weighted by atomic mass is 10.1. The second-order valence-corrected chi connectivity index (χ2v) is 2.25. The second-order valence-electron chi connectivity index (χ2n) is 2.25. The first-order valence-corrected chi connectivity index (χ1v) is 3.29. The average Bonchev–Trinajstić information content (AvgIpc) is 2.07. The zero-order chi connectivity index (χ0) is 10.0. The summed E-state index contributed by atoms with van der Waals surface area (Å²) in [6.07, 6.45) is -2.81. The molecule has 0 bridgehead atoms. The predicted octanol–water partition coefficient (Wildman–Crippen LogP) is 1.79. The lowest BCUT2D eigenvalue weighted by molar-refractivity contribution is 0.140. The molecule has 1 aromatic heterocycles. The van der Waals surface area contributed by atoms with Crippen molar-refractivity contribution in [1.29, 1.82) is 0 Å². The molecule has 0 radical (unpaired) electrons. The van der Waals surface area contributed by atoms with Crippen LogP contribution in [0.15, 0.2) is 6.20 Å². The van der Waals surface area contributed by atoms with E-state index < -0.39 is 35.9 Å². The van der Waals surface area contributed by atoms with Crippen molar-refractivity contribution in [3.05, 3.63) is 29.1 Å². The molecule has 1 heterocycles. The molecule has 0 aliphatic heterocycles. The van der Waals surface area contributed by atoms with Gasteiger partial charge in [-0.1, -0.05) is 0 Å². The Morgan fingerprint density at radius 2 is 2.00 bits per heavy atom. The van der Waals surface area contributed by atoms with Crippen molar-refractivity contribution in [3.8, 4) is 0 Å². The fourth-order valence-corrected chi connectivity index (χ4v) is 0.902. The third-order valence-electron chi connectivity index (χ3n) is 1.50. The highest BCUT2D eigenvalue weighted by atomic mass is 19.3. The van der Waals surface area contributed by atoms with Gasteiger partial charge in [0.25, 0.3) is 6.43 Å². The Balaban J connectivity index is 3.35. The third-order valence-corrected chi connectivity index (χ3v) is 1.50. The molecule has 1 rings (SSSR count). The second kappa shape index (κ2) is 3.69. The van der Waals surface area contributed by atoms with Gasteiger partial charge in [0.05, 0.1) is 18.4 Å². The summed E-state index contributed by atoms with van der Waals surface area (Å²) in [5.74, 6) is -2.60. The number of aliphatic hydroxyl groups excluding tert-OH is 1. The molecule has 0 saturated heterocycles. The number of nitrogens with zero attached hydrogens (tertiary/aromatic N) is 1. The Labute approximate surface area is 70.8 Å². The van der Waals surface area contributed by atoms with Crippen molar-refractivity contribution in [2.75, 3.05) is 0 Å². The summed E-state index contributed by atoms with van der Waals surface area (Å²) in [5.41, 5.74) is -1.93. The van der Waals surface area contributed by atoms with E-state index in [-0.39, 0.29) is 0 Å². The summed E-state index contributed by atoms with van der Waals surface area (Å²) in [7, 11) is 0. The molecule has 0 amide bonds. The van der Waals surface area contributed by atoms with E-state index in [2.05, 4.69) is 4.98 Å². The zero-order valence-electron chi connectivity index (χ0n) is 6.27. The van der Waals surface area contributed by atoms with E-state index >= 15 is 0 Å². The molecule has 0 spiro atoms. The van der Waals surface area contributed by atoms with Gasteiger partial charge in [-0.05, 0) is 0 Å². The van der Waals surface area contributed by atoms with Crippen molar-refractivity contribution < 1.29 is 22.7 Å². The molecule has 0 aliphatic carbocycles. The van der Waals surface area contributed by atoms with E-state index in [0.717, 1.165) is 0 Å². The summed E-state index contributed by atoms with van der Waals surface area (Å²) in [4.78, 5) is 2.86. The van der Waals surface area contributed by atoms with E-state index in [0.29, 0.717) is 6.20 Å². The highest BCUT2D eigenvalue weighted by Crippen LogP contribution is 2.26. The van der Waals surface area contributed by atoms with Gasteiger partial charge in [-0.15, -0.1) is 0 Å². The summed E-state index contributed by atoms with van der Waals surface area (Å²) >= 11 is 0. The Hall–Kier alpha value is -1.17. The number of aliphatic hydroxyl groups is 1. The van der Waals surface area contributed by atoms with Crippen molar-refractivity contribution >= 4 is 0 Å². The Bertz CT molecular complexity index is 316. The molecule has 6 heteroatoms. The number of rotatable bonds is 2. The van der Waals surface area contributed by atoms with Gasteiger partial charge in [-0.25, -0.2) is 18.2 Å². The van der Waals surface area contributed by atoms with Crippen LogP contribution in [-0.2, 0) is 6.61 Å². The SMILES string of the molecule is OCc1c(F)ncc(F)c1C(F)F. The maximum Gasteiger partial charge on any atom is 0.267 e. The normalized spacial score (nSPS) is 10.9. The minimum Gasteiger partial charge on any atom is -0.391 e. The van der Waals surface area contributed by atoms with Gasteiger partial charge in [-0.3, -0.25) is 0 Å². The Kier molecular flexibility index (Phi) is 2.82. The molecular formula is C7H5F4NO. The third kappa shape index (κ3) is 1.77. The number of hydrogen-bond acceptors (Lipinski definition) is 2. The largest absolute Gasteiger partial charge is 0.391 e. The molecule has 0 aliphatic rings. The molecular weight excluding hydrogens is 190 g/mol. The van der Waals surface area contributed by atoms with Gasteiger partial charge in [0.1, 0.15) is 0 Å². The van der Waals surface area contributed by atoms with Gasteiger partial charge in [-0.2, -0.15) is 4.39 Å². The maximum absolute atomic E-state index is 12.6. The van der Waals surface area contributed by atoms with Crippen molar-refractivity contribution in [3.63, 3.8) is 0 Å². The van der Waals surface area contributed by atoms with Gasteiger partial charge in [0, 0.05) is 5.56 Å². The van der Waals surface area contributed by atoms with Crippen LogP contribution in [0.1, 0.15) is 17.6 Å². The van der Waals surface area contributed by atoms with Crippen LogP contribution in [0.4, 0.5) is 17.6 Å². The minimum atomic E-state index is -3.17. The van der Waals surface area contributed by atoms with Crippen LogP contribution in [0.3, 0.4) is 0 Å². The van der Waals surface area contributed by atoms with E-state index in [4.69, 9.17) is 5.11 Å². The molecule has 0 aromatic carbocycles. The van der Waals surface area contributed by atoms with Gasteiger partial charge in [0.15, 0.2) is 5.82 Å². The Morgan fingerprint density at radius 1 is 1.38 bits per heavy atom. The van der Waals surface area contributed by atoms with E-state index in [1.807, 2.05) is 0 Å². The van der Waals surface area contributed by atoms with Crippen LogP contribution in [0.2, 0.25) is 0 Å². The summed E-state index contributed by atoms with van der Waals surface area (Å²) < 4.78 is 49.5. The zero-order valence-corrected chi connectivity index (χ0v) is 6.27. The van der Waals surface area contributed by atoms with Gasteiger partial charge < -0.3 is 5.11 Å². The molecule has 0 fully saturated rings. The van der Waals surface area contributed by atoms with E-state index in [1.54, 1.807) is 0 Å². The van der Waals surface area contributed by atoms with Crippen LogP contribution < -0.4 is 0 Å².